The standard InChI is InChI=1S/C19H26FN3O2/c1-3-10-23(14-15-6-5-7-16(20)13-15)19(25)18(24)22-11-8-17(9-12-22)21-4-2/h3,5-7,13,17,21H,1,4,8-12,14H2,2H3. The van der Waals surface area contributed by atoms with Crippen molar-refractivity contribution in [2.24, 2.45) is 0 Å². The Morgan fingerprint density at radius 2 is 2.12 bits per heavy atom. The van der Waals surface area contributed by atoms with Crippen molar-refractivity contribution in [1.82, 2.24) is 15.1 Å². The van der Waals surface area contributed by atoms with Crippen molar-refractivity contribution in [2.75, 3.05) is 26.2 Å². The molecule has 1 aromatic carbocycles. The van der Waals surface area contributed by atoms with Gasteiger partial charge in [-0.1, -0.05) is 25.1 Å². The van der Waals surface area contributed by atoms with Crippen LogP contribution in [0.4, 0.5) is 4.39 Å². The topological polar surface area (TPSA) is 52.7 Å². The van der Waals surface area contributed by atoms with E-state index in [4.69, 9.17) is 0 Å². The molecule has 1 aliphatic rings. The summed E-state index contributed by atoms with van der Waals surface area (Å²) in [5.74, 6) is -1.42. The van der Waals surface area contributed by atoms with Crippen LogP contribution >= 0.6 is 0 Å². The third-order valence-electron chi connectivity index (χ3n) is 4.36. The summed E-state index contributed by atoms with van der Waals surface area (Å²) in [4.78, 5) is 28.2. The van der Waals surface area contributed by atoms with E-state index in [1.807, 2.05) is 0 Å². The number of nitrogens with one attached hydrogen (secondary N) is 1. The van der Waals surface area contributed by atoms with E-state index in [9.17, 15) is 14.0 Å². The number of likely N-dealkylation sites (tertiary alicyclic amines) is 1. The molecule has 1 N–H and O–H groups in total. The number of halogens is 1. The van der Waals surface area contributed by atoms with E-state index in [0.717, 1.165) is 19.4 Å². The average molecular weight is 347 g/mol. The first-order chi connectivity index (χ1) is 12.0. The molecule has 0 aromatic heterocycles. The molecule has 0 saturated carbocycles. The molecule has 1 heterocycles. The fourth-order valence-corrected chi connectivity index (χ4v) is 3.08. The maximum Gasteiger partial charge on any atom is 0.312 e. The largest absolute Gasteiger partial charge is 0.334 e. The van der Waals surface area contributed by atoms with Crippen LogP contribution in [0.15, 0.2) is 36.9 Å². The minimum atomic E-state index is -0.564. The molecular weight excluding hydrogens is 321 g/mol. The fraction of sp³-hybridized carbons (Fsp3) is 0.474. The molecule has 1 aromatic rings. The number of carbonyl (C=O) groups is 2. The second-order valence-corrected chi connectivity index (χ2v) is 6.23. The summed E-state index contributed by atoms with van der Waals surface area (Å²) in [6.45, 7) is 8.18. The highest BCUT2D eigenvalue weighted by atomic mass is 19.1. The molecule has 1 aliphatic heterocycles. The molecule has 136 valence electrons. The van der Waals surface area contributed by atoms with Gasteiger partial charge < -0.3 is 15.1 Å². The summed E-state index contributed by atoms with van der Waals surface area (Å²) in [6, 6.07) is 6.45. The van der Waals surface area contributed by atoms with E-state index in [1.165, 1.54) is 17.0 Å². The van der Waals surface area contributed by atoms with Gasteiger partial charge in [0.1, 0.15) is 5.82 Å². The highest BCUT2D eigenvalue weighted by molar-refractivity contribution is 6.34. The minimum absolute atomic E-state index is 0.183. The molecule has 0 bridgehead atoms. The van der Waals surface area contributed by atoms with E-state index >= 15 is 0 Å². The van der Waals surface area contributed by atoms with Crippen molar-refractivity contribution >= 4 is 11.8 Å². The van der Waals surface area contributed by atoms with E-state index in [0.29, 0.717) is 24.7 Å². The van der Waals surface area contributed by atoms with Gasteiger partial charge >= 0.3 is 11.8 Å². The summed E-state index contributed by atoms with van der Waals surface area (Å²) in [5, 5.41) is 3.37. The Kier molecular flexibility index (Phi) is 7.13. The van der Waals surface area contributed by atoms with Crippen LogP contribution in [0.5, 0.6) is 0 Å². The van der Waals surface area contributed by atoms with Crippen LogP contribution in [0.1, 0.15) is 25.3 Å². The first-order valence-corrected chi connectivity index (χ1v) is 8.72. The summed E-state index contributed by atoms with van der Waals surface area (Å²) in [6.07, 6.45) is 3.26. The summed E-state index contributed by atoms with van der Waals surface area (Å²) in [7, 11) is 0. The van der Waals surface area contributed by atoms with Gasteiger partial charge in [0.2, 0.25) is 0 Å². The van der Waals surface area contributed by atoms with Gasteiger partial charge in [0.15, 0.2) is 0 Å². The van der Waals surface area contributed by atoms with Crippen LogP contribution in [-0.4, -0.2) is 53.8 Å². The number of rotatable bonds is 6. The zero-order valence-electron chi connectivity index (χ0n) is 14.7. The lowest BCUT2D eigenvalue weighted by atomic mass is 10.0. The first-order valence-electron chi connectivity index (χ1n) is 8.72. The predicted molar refractivity (Wildman–Crippen MR) is 95.3 cm³/mol. The first kappa shape index (κ1) is 19.1. The second-order valence-electron chi connectivity index (χ2n) is 6.23. The van der Waals surface area contributed by atoms with E-state index < -0.39 is 11.8 Å². The molecule has 0 unspecified atom stereocenters. The average Bonchev–Trinajstić information content (AvgIpc) is 2.61. The lowest BCUT2D eigenvalue weighted by Gasteiger charge is -2.33. The Labute approximate surface area is 148 Å². The van der Waals surface area contributed by atoms with E-state index in [2.05, 4.69) is 18.8 Å². The predicted octanol–water partition coefficient (Wildman–Crippen LogP) is 1.94. The van der Waals surface area contributed by atoms with Gasteiger partial charge in [0.05, 0.1) is 0 Å². The monoisotopic (exact) mass is 347 g/mol. The van der Waals surface area contributed by atoms with Gasteiger partial charge in [0, 0.05) is 32.2 Å². The molecule has 1 saturated heterocycles. The molecule has 1 fully saturated rings. The molecule has 0 radical (unpaired) electrons. The van der Waals surface area contributed by atoms with Crippen molar-refractivity contribution < 1.29 is 14.0 Å². The molecule has 2 amide bonds. The van der Waals surface area contributed by atoms with Crippen LogP contribution in [0.2, 0.25) is 0 Å². The maximum absolute atomic E-state index is 13.3. The highest BCUT2D eigenvalue weighted by Crippen LogP contribution is 2.13. The maximum atomic E-state index is 13.3. The molecule has 6 heteroatoms. The number of carbonyl (C=O) groups excluding carboxylic acids is 2. The fourth-order valence-electron chi connectivity index (χ4n) is 3.08. The Balaban J connectivity index is 1.99. The molecule has 0 aliphatic carbocycles. The van der Waals surface area contributed by atoms with Gasteiger partial charge in [-0.15, -0.1) is 6.58 Å². The Morgan fingerprint density at radius 3 is 2.72 bits per heavy atom. The highest BCUT2D eigenvalue weighted by Gasteiger charge is 2.29. The van der Waals surface area contributed by atoms with Gasteiger partial charge in [-0.05, 0) is 37.1 Å². The third-order valence-corrected chi connectivity index (χ3v) is 4.36. The number of benzene rings is 1. The lowest BCUT2D eigenvalue weighted by molar-refractivity contribution is -0.152. The second kappa shape index (κ2) is 9.32. The quantitative estimate of drug-likeness (QED) is 0.632. The van der Waals surface area contributed by atoms with Gasteiger partial charge in [-0.2, -0.15) is 0 Å². The third kappa shape index (κ3) is 5.39. The van der Waals surface area contributed by atoms with Crippen LogP contribution in [0.3, 0.4) is 0 Å². The van der Waals surface area contributed by atoms with Crippen molar-refractivity contribution in [1.29, 1.82) is 0 Å². The number of piperidine rings is 1. The molecule has 2 rings (SSSR count). The minimum Gasteiger partial charge on any atom is -0.334 e. The van der Waals surface area contributed by atoms with Gasteiger partial charge in [-0.3, -0.25) is 9.59 Å². The Bertz CT molecular complexity index is 612. The van der Waals surface area contributed by atoms with Crippen LogP contribution in [-0.2, 0) is 16.1 Å². The van der Waals surface area contributed by atoms with Crippen molar-refractivity contribution in [2.45, 2.75) is 32.4 Å². The van der Waals surface area contributed by atoms with E-state index in [-0.39, 0.29) is 18.9 Å². The van der Waals surface area contributed by atoms with Crippen molar-refractivity contribution in [3.05, 3.63) is 48.3 Å². The zero-order valence-corrected chi connectivity index (χ0v) is 14.7. The number of hydrogen-bond donors (Lipinski definition) is 1. The number of amides is 2. The summed E-state index contributed by atoms with van der Waals surface area (Å²) in [5.41, 5.74) is 0.647. The zero-order chi connectivity index (χ0) is 18.2. The molecule has 0 atom stereocenters. The van der Waals surface area contributed by atoms with E-state index in [1.54, 1.807) is 23.1 Å². The van der Waals surface area contributed by atoms with Gasteiger partial charge in [0.25, 0.3) is 0 Å². The molecule has 5 nitrogen and oxygen atoms in total. The smallest absolute Gasteiger partial charge is 0.312 e. The SMILES string of the molecule is C=CCN(Cc1cccc(F)c1)C(=O)C(=O)N1CCC(NCC)CC1. The summed E-state index contributed by atoms with van der Waals surface area (Å²) < 4.78 is 13.3. The van der Waals surface area contributed by atoms with Crippen LogP contribution in [0.25, 0.3) is 0 Å². The Hall–Kier alpha value is -2.21. The molecule has 25 heavy (non-hydrogen) atoms. The molecular formula is C19H26FN3O2. The van der Waals surface area contributed by atoms with Crippen molar-refractivity contribution in [3.8, 4) is 0 Å². The van der Waals surface area contributed by atoms with Crippen molar-refractivity contribution in [3.63, 3.8) is 0 Å². The Morgan fingerprint density at radius 1 is 1.40 bits per heavy atom. The normalized spacial score (nSPS) is 15.0. The number of hydrogen-bond acceptors (Lipinski definition) is 3. The lowest BCUT2D eigenvalue weighted by Crippen LogP contribution is -2.50. The van der Waals surface area contributed by atoms with Crippen LogP contribution in [0, 0.1) is 5.82 Å². The van der Waals surface area contributed by atoms with Crippen LogP contribution < -0.4 is 5.32 Å². The molecule has 0 spiro atoms. The number of nitrogens with zero attached hydrogens (tertiary/aromatic N) is 2. The van der Waals surface area contributed by atoms with Gasteiger partial charge in [-0.25, -0.2) is 4.39 Å². The summed E-state index contributed by atoms with van der Waals surface area (Å²) >= 11 is 0.